The van der Waals surface area contributed by atoms with E-state index in [4.69, 9.17) is 14.2 Å². The van der Waals surface area contributed by atoms with Gasteiger partial charge in [0.15, 0.2) is 0 Å². The van der Waals surface area contributed by atoms with Gasteiger partial charge in [0.05, 0.1) is 0 Å². The van der Waals surface area contributed by atoms with E-state index in [0.717, 1.165) is 13.1 Å². The summed E-state index contributed by atoms with van der Waals surface area (Å²) in [4.78, 5) is 33.8. The molecule has 0 aromatic heterocycles. The van der Waals surface area contributed by atoms with Gasteiger partial charge in [-0.05, 0) is 0 Å². The van der Waals surface area contributed by atoms with Gasteiger partial charge in [-0.15, -0.1) is 0 Å². The van der Waals surface area contributed by atoms with Crippen molar-refractivity contribution in [2.45, 2.75) is 26.5 Å². The van der Waals surface area contributed by atoms with Crippen molar-refractivity contribution in [2.75, 3.05) is 0 Å². The molecular formula is C25H24AsO6+. The monoisotopic (exact) mass is 495 g/mol. The first-order valence-electron chi connectivity index (χ1n) is 9.92. The van der Waals surface area contributed by atoms with Crippen LogP contribution in [-0.2, 0) is 14.4 Å². The van der Waals surface area contributed by atoms with E-state index in [1.54, 1.807) is 36.4 Å². The van der Waals surface area contributed by atoms with E-state index < -0.39 is 13.6 Å². The van der Waals surface area contributed by atoms with E-state index in [-0.39, 0.29) is 17.9 Å². The quantitative estimate of drug-likeness (QED) is 0.297. The summed E-state index contributed by atoms with van der Waals surface area (Å²) in [6.45, 7) is 4.10. The molecule has 0 unspecified atom stereocenters. The fourth-order valence-corrected chi connectivity index (χ4v) is 9.95. The van der Waals surface area contributed by atoms with E-state index in [1.807, 2.05) is 36.4 Å². The molecule has 6 nitrogen and oxygen atoms in total. The van der Waals surface area contributed by atoms with Gasteiger partial charge in [0.25, 0.3) is 0 Å². The predicted octanol–water partition coefficient (Wildman–Crippen LogP) is 2.56. The maximum atomic E-state index is 11.3. The van der Waals surface area contributed by atoms with Crippen LogP contribution < -0.4 is 27.3 Å². The number of hydrogen-bond acceptors (Lipinski definition) is 6. The Bertz CT molecular complexity index is 974. The number of carbonyl (C=O) groups is 3. The van der Waals surface area contributed by atoms with E-state index in [0.29, 0.717) is 17.2 Å². The second-order valence-electron chi connectivity index (χ2n) is 7.27. The van der Waals surface area contributed by atoms with Crippen molar-refractivity contribution in [3.05, 3.63) is 72.8 Å². The molecule has 3 rings (SSSR count). The first kappa shape index (κ1) is 23.3. The van der Waals surface area contributed by atoms with Crippen LogP contribution in [0.2, 0.25) is 5.71 Å². The van der Waals surface area contributed by atoms with Gasteiger partial charge in [-0.3, -0.25) is 0 Å². The molecular weight excluding hydrogens is 471 g/mol. The molecule has 0 atom stereocenters. The fraction of sp³-hybridized carbons (Fsp3) is 0.160. The molecule has 0 fully saturated rings. The minimum absolute atomic E-state index is 0.372. The third kappa shape index (κ3) is 5.45. The average molecular weight is 495 g/mol. The SMILES string of the molecule is CC(=O)Oc1ccc([As+](C)(c2ccc(OC(C)=O)cc2)c2ccc(OC(C)=O)cc2)cc1. The summed E-state index contributed by atoms with van der Waals surface area (Å²) in [6.07, 6.45) is 0. The van der Waals surface area contributed by atoms with E-state index >= 15 is 0 Å². The Morgan fingerprint density at radius 3 is 0.906 bits per heavy atom. The number of esters is 3. The number of hydrogen-bond donors (Lipinski definition) is 0. The first-order valence-corrected chi connectivity index (χ1v) is 14.6. The zero-order valence-corrected chi connectivity index (χ0v) is 20.2. The molecule has 32 heavy (non-hydrogen) atoms. The average Bonchev–Trinajstić information content (AvgIpc) is 2.73. The zero-order valence-electron chi connectivity index (χ0n) is 18.3. The van der Waals surface area contributed by atoms with Crippen molar-refractivity contribution >= 4 is 44.5 Å². The van der Waals surface area contributed by atoms with Crippen LogP contribution in [-0.4, -0.2) is 31.5 Å². The predicted molar refractivity (Wildman–Crippen MR) is 124 cm³/mol. The van der Waals surface area contributed by atoms with E-state index in [2.05, 4.69) is 5.71 Å². The Balaban J connectivity index is 2.07. The summed E-state index contributed by atoms with van der Waals surface area (Å²) in [7, 11) is 0. The fourth-order valence-electron chi connectivity index (χ4n) is 3.38. The van der Waals surface area contributed by atoms with Crippen molar-refractivity contribution in [1.29, 1.82) is 0 Å². The van der Waals surface area contributed by atoms with Crippen LogP contribution in [0.25, 0.3) is 0 Å². The summed E-state index contributed by atoms with van der Waals surface area (Å²) in [5, 5.41) is 0. The topological polar surface area (TPSA) is 78.9 Å². The summed E-state index contributed by atoms with van der Waals surface area (Å²) < 4.78 is 18.9. The minimum atomic E-state index is -2.94. The number of rotatable bonds is 6. The van der Waals surface area contributed by atoms with Gasteiger partial charge in [0, 0.05) is 0 Å². The molecule has 0 amide bonds. The van der Waals surface area contributed by atoms with Crippen molar-refractivity contribution < 1.29 is 28.6 Å². The molecule has 3 aromatic carbocycles. The first-order chi connectivity index (χ1) is 15.2. The van der Waals surface area contributed by atoms with Crippen molar-refractivity contribution in [3.8, 4) is 17.2 Å². The van der Waals surface area contributed by atoms with Gasteiger partial charge in [0.2, 0.25) is 0 Å². The number of carbonyl (C=O) groups excluding carboxylic acids is 3. The molecule has 0 saturated heterocycles. The Labute approximate surface area is 189 Å². The molecule has 0 spiro atoms. The van der Waals surface area contributed by atoms with Gasteiger partial charge >= 0.3 is 190 Å². The Hall–Kier alpha value is -3.37. The third-order valence-electron chi connectivity index (χ3n) is 4.84. The van der Waals surface area contributed by atoms with Gasteiger partial charge in [0.1, 0.15) is 0 Å². The summed E-state index contributed by atoms with van der Waals surface area (Å²) in [5.41, 5.74) is 2.24. The van der Waals surface area contributed by atoms with E-state index in [9.17, 15) is 14.4 Å². The molecule has 3 aromatic rings. The molecule has 0 saturated carbocycles. The van der Waals surface area contributed by atoms with Gasteiger partial charge < -0.3 is 0 Å². The Morgan fingerprint density at radius 1 is 0.500 bits per heavy atom. The van der Waals surface area contributed by atoms with E-state index in [1.165, 1.54) is 20.8 Å². The molecule has 0 N–H and O–H groups in total. The Kier molecular flexibility index (Phi) is 7.16. The van der Waals surface area contributed by atoms with Crippen LogP contribution in [0, 0.1) is 0 Å². The molecule has 0 aliphatic rings. The zero-order chi connectivity index (χ0) is 23.3. The van der Waals surface area contributed by atoms with Crippen LogP contribution in [0.5, 0.6) is 17.2 Å². The van der Waals surface area contributed by atoms with Crippen LogP contribution in [0.3, 0.4) is 0 Å². The molecule has 0 heterocycles. The summed E-state index contributed by atoms with van der Waals surface area (Å²) in [5.74, 6) is 0.337. The molecule has 7 heteroatoms. The molecule has 0 aliphatic heterocycles. The molecule has 0 aliphatic carbocycles. The van der Waals surface area contributed by atoms with Crippen LogP contribution in [0.15, 0.2) is 72.8 Å². The van der Waals surface area contributed by atoms with Crippen LogP contribution in [0.4, 0.5) is 0 Å². The second-order valence-corrected chi connectivity index (χ2v) is 14.7. The second kappa shape index (κ2) is 9.84. The molecule has 164 valence electrons. The van der Waals surface area contributed by atoms with Gasteiger partial charge in [-0.25, -0.2) is 0 Å². The number of benzene rings is 3. The molecule has 0 bridgehead atoms. The van der Waals surface area contributed by atoms with Crippen molar-refractivity contribution in [3.63, 3.8) is 0 Å². The number of ether oxygens (including phenoxy) is 3. The molecule has 0 radical (unpaired) electrons. The third-order valence-corrected chi connectivity index (χ3v) is 13.2. The summed E-state index contributed by atoms with van der Waals surface area (Å²) >= 11 is -2.94. The van der Waals surface area contributed by atoms with Gasteiger partial charge in [-0.1, -0.05) is 0 Å². The normalized spacial score (nSPS) is 10.9. The van der Waals surface area contributed by atoms with Crippen molar-refractivity contribution in [2.24, 2.45) is 0 Å². The van der Waals surface area contributed by atoms with Gasteiger partial charge in [-0.2, -0.15) is 0 Å². The standard InChI is InChI=1S/C25H24AsO6/c1-17(27)30-23-11-5-20(6-12-23)26(4,21-7-13-24(14-8-21)31-18(2)28)22-9-15-25(16-10-22)32-19(3)29/h5-16H,1-4H3/q+1. The Morgan fingerprint density at radius 2 is 0.719 bits per heavy atom. The van der Waals surface area contributed by atoms with Crippen molar-refractivity contribution in [1.82, 2.24) is 0 Å². The van der Waals surface area contributed by atoms with Crippen LogP contribution >= 0.6 is 0 Å². The van der Waals surface area contributed by atoms with Crippen LogP contribution in [0.1, 0.15) is 20.8 Å². The maximum absolute atomic E-state index is 11.3. The summed E-state index contributed by atoms with van der Waals surface area (Å²) in [6, 6.07) is 22.6.